The number of hydrogen-bond donors (Lipinski definition) is 0. The van der Waals surface area contributed by atoms with Gasteiger partial charge in [-0.15, -0.1) is 0 Å². The third kappa shape index (κ3) is 4.16. The fourth-order valence-electron chi connectivity index (χ4n) is 4.40. The van der Waals surface area contributed by atoms with Crippen molar-refractivity contribution in [2.75, 3.05) is 0 Å². The van der Waals surface area contributed by atoms with E-state index in [2.05, 4.69) is 56.3 Å². The first-order chi connectivity index (χ1) is 15.0. The van der Waals surface area contributed by atoms with Crippen LogP contribution in [0.3, 0.4) is 0 Å². The van der Waals surface area contributed by atoms with E-state index in [4.69, 9.17) is 9.47 Å². The van der Waals surface area contributed by atoms with E-state index in [0.717, 1.165) is 41.5 Å². The lowest BCUT2D eigenvalue weighted by atomic mass is 9.80. The van der Waals surface area contributed by atoms with Crippen LogP contribution in [0.5, 0.6) is 0 Å². The van der Waals surface area contributed by atoms with Crippen LogP contribution in [-0.2, 0) is 25.5 Å². The quantitative estimate of drug-likeness (QED) is 0.540. The van der Waals surface area contributed by atoms with Crippen molar-refractivity contribution in [2.24, 2.45) is 5.92 Å². The first-order valence-electron chi connectivity index (χ1n) is 11.4. The molecule has 4 heteroatoms. The molecule has 0 saturated heterocycles. The summed E-state index contributed by atoms with van der Waals surface area (Å²) in [6, 6.07) is 14.5. The predicted octanol–water partition coefficient (Wildman–Crippen LogP) is 6.05. The van der Waals surface area contributed by atoms with Gasteiger partial charge in [-0.3, -0.25) is 9.59 Å². The van der Waals surface area contributed by atoms with E-state index in [1.165, 1.54) is 5.56 Å². The molecule has 0 aromatic heterocycles. The zero-order valence-electron chi connectivity index (χ0n) is 19.9. The Balaban J connectivity index is 1.93. The molecular weight excluding hydrogens is 400 g/mol. The third-order valence-electron chi connectivity index (χ3n) is 6.32. The molecule has 0 unspecified atom stereocenters. The van der Waals surface area contributed by atoms with Crippen LogP contribution in [0.25, 0.3) is 16.7 Å². The first kappa shape index (κ1) is 22.5. The van der Waals surface area contributed by atoms with Gasteiger partial charge in [-0.1, -0.05) is 48.9 Å². The molecule has 2 aromatic rings. The third-order valence-corrected chi connectivity index (χ3v) is 6.32. The number of rotatable bonds is 5. The summed E-state index contributed by atoms with van der Waals surface area (Å²) in [7, 11) is 0. The normalized spacial score (nSPS) is 19.8. The topological polar surface area (TPSA) is 52.6 Å². The maximum atomic E-state index is 13.7. The van der Waals surface area contributed by atoms with Crippen molar-refractivity contribution >= 4 is 17.3 Å². The van der Waals surface area contributed by atoms with Gasteiger partial charge in [-0.2, -0.15) is 0 Å². The summed E-state index contributed by atoms with van der Waals surface area (Å²) in [4.78, 5) is 26.4. The van der Waals surface area contributed by atoms with Gasteiger partial charge in [0, 0.05) is 0 Å². The molecule has 32 heavy (non-hydrogen) atoms. The number of esters is 1. The molecule has 0 atom stereocenters. The standard InChI is InChI=1S/C28H32O4/c1-7-18-12-15-21(19-10-8-17(2)9-11-19)16-22(18)23-24(29)27(3,4)32-28(5,6)25(23)31-26(30)20-13-14-20/h8-12,15-16,20H,7,13-14H2,1-6H3. The van der Waals surface area contributed by atoms with E-state index in [1.54, 1.807) is 13.8 Å². The summed E-state index contributed by atoms with van der Waals surface area (Å²) < 4.78 is 12.1. The van der Waals surface area contributed by atoms with Crippen LogP contribution >= 0.6 is 0 Å². The average molecular weight is 433 g/mol. The summed E-state index contributed by atoms with van der Waals surface area (Å²) in [5, 5.41) is 0. The van der Waals surface area contributed by atoms with Gasteiger partial charge in [0.1, 0.15) is 11.2 Å². The number of carbonyl (C=O) groups is 2. The maximum Gasteiger partial charge on any atom is 0.314 e. The Kier molecular flexibility index (Phi) is 5.62. The molecule has 0 amide bonds. The Labute approximate surface area is 190 Å². The highest BCUT2D eigenvalue weighted by atomic mass is 16.6. The van der Waals surface area contributed by atoms with E-state index in [-0.39, 0.29) is 17.7 Å². The van der Waals surface area contributed by atoms with Gasteiger partial charge in [-0.25, -0.2) is 0 Å². The minimum atomic E-state index is -1.03. The van der Waals surface area contributed by atoms with Crippen molar-refractivity contribution in [2.45, 2.75) is 72.0 Å². The number of Topliss-reactive ketones (excluding diaryl/α,β-unsaturated/α-hetero) is 1. The van der Waals surface area contributed by atoms with Crippen LogP contribution in [0.2, 0.25) is 0 Å². The van der Waals surface area contributed by atoms with Gasteiger partial charge < -0.3 is 9.47 Å². The molecule has 1 saturated carbocycles. The van der Waals surface area contributed by atoms with Gasteiger partial charge in [0.25, 0.3) is 0 Å². The molecule has 168 valence electrons. The van der Waals surface area contributed by atoms with Crippen LogP contribution in [0.1, 0.15) is 64.2 Å². The van der Waals surface area contributed by atoms with Crippen LogP contribution in [-0.4, -0.2) is 23.0 Å². The zero-order valence-corrected chi connectivity index (χ0v) is 19.9. The maximum absolute atomic E-state index is 13.7. The minimum Gasteiger partial charge on any atom is -0.427 e. The van der Waals surface area contributed by atoms with Gasteiger partial charge >= 0.3 is 5.97 Å². The molecule has 0 N–H and O–H groups in total. The van der Waals surface area contributed by atoms with Crippen LogP contribution < -0.4 is 0 Å². The monoisotopic (exact) mass is 432 g/mol. The molecule has 4 rings (SSSR count). The number of aryl methyl sites for hydroxylation is 2. The Bertz CT molecular complexity index is 1100. The number of benzene rings is 2. The number of hydrogen-bond acceptors (Lipinski definition) is 4. The Morgan fingerprint density at radius 1 is 1.00 bits per heavy atom. The van der Waals surface area contributed by atoms with Crippen molar-refractivity contribution in [3.05, 3.63) is 64.9 Å². The summed E-state index contributed by atoms with van der Waals surface area (Å²) in [5.74, 6) is -0.177. The van der Waals surface area contributed by atoms with Gasteiger partial charge in [-0.05, 0) is 82.2 Å². The van der Waals surface area contributed by atoms with Crippen molar-refractivity contribution in [3.8, 4) is 11.1 Å². The fourth-order valence-corrected chi connectivity index (χ4v) is 4.40. The molecule has 1 aliphatic heterocycles. The first-order valence-corrected chi connectivity index (χ1v) is 11.4. The Hall–Kier alpha value is -2.72. The molecule has 2 aromatic carbocycles. The number of carbonyl (C=O) groups excluding carboxylic acids is 2. The molecular formula is C28H32O4. The predicted molar refractivity (Wildman–Crippen MR) is 126 cm³/mol. The Morgan fingerprint density at radius 2 is 1.62 bits per heavy atom. The van der Waals surface area contributed by atoms with Crippen LogP contribution in [0.15, 0.2) is 48.2 Å². The number of ether oxygens (including phenoxy) is 2. The van der Waals surface area contributed by atoms with E-state index in [9.17, 15) is 9.59 Å². The van der Waals surface area contributed by atoms with Gasteiger partial charge in [0.2, 0.25) is 0 Å². The van der Waals surface area contributed by atoms with Crippen molar-refractivity contribution in [1.82, 2.24) is 0 Å². The summed E-state index contributed by atoms with van der Waals surface area (Å²) in [6.45, 7) is 11.4. The molecule has 0 spiro atoms. The lowest BCUT2D eigenvalue weighted by Gasteiger charge is -2.42. The van der Waals surface area contributed by atoms with Crippen molar-refractivity contribution < 1.29 is 19.1 Å². The molecule has 4 nitrogen and oxygen atoms in total. The zero-order chi connectivity index (χ0) is 23.3. The molecule has 0 bridgehead atoms. The second-order valence-electron chi connectivity index (χ2n) is 9.94. The lowest BCUT2D eigenvalue weighted by Crippen LogP contribution is -2.50. The SMILES string of the molecule is CCc1ccc(-c2ccc(C)cc2)cc1C1=C(OC(=O)C2CC2)C(C)(C)OC(C)(C)C1=O. The summed E-state index contributed by atoms with van der Waals surface area (Å²) in [5.41, 5.74) is 3.67. The lowest BCUT2D eigenvalue weighted by molar-refractivity contribution is -0.166. The van der Waals surface area contributed by atoms with E-state index in [1.807, 2.05) is 13.8 Å². The number of ketones is 1. The molecule has 1 heterocycles. The van der Waals surface area contributed by atoms with E-state index >= 15 is 0 Å². The second-order valence-corrected chi connectivity index (χ2v) is 9.94. The van der Waals surface area contributed by atoms with Crippen molar-refractivity contribution in [3.63, 3.8) is 0 Å². The molecule has 1 aliphatic carbocycles. The van der Waals surface area contributed by atoms with E-state index < -0.39 is 11.2 Å². The Morgan fingerprint density at radius 3 is 2.22 bits per heavy atom. The molecule has 0 radical (unpaired) electrons. The highest BCUT2D eigenvalue weighted by Gasteiger charge is 2.49. The molecule has 1 fully saturated rings. The highest BCUT2D eigenvalue weighted by molar-refractivity contribution is 6.26. The van der Waals surface area contributed by atoms with Crippen LogP contribution in [0.4, 0.5) is 0 Å². The van der Waals surface area contributed by atoms with Gasteiger partial charge in [0.15, 0.2) is 11.5 Å². The largest absolute Gasteiger partial charge is 0.427 e. The summed E-state index contributed by atoms with van der Waals surface area (Å²) in [6.07, 6.45) is 2.43. The van der Waals surface area contributed by atoms with Crippen LogP contribution in [0, 0.1) is 12.8 Å². The average Bonchev–Trinajstić information content (AvgIpc) is 3.57. The smallest absolute Gasteiger partial charge is 0.314 e. The fraction of sp³-hybridized carbons (Fsp3) is 0.429. The van der Waals surface area contributed by atoms with E-state index in [0.29, 0.717) is 11.3 Å². The minimum absolute atomic E-state index is 0.0749. The highest BCUT2D eigenvalue weighted by Crippen LogP contribution is 2.44. The van der Waals surface area contributed by atoms with Gasteiger partial charge in [0.05, 0.1) is 11.5 Å². The molecule has 2 aliphatic rings. The summed E-state index contributed by atoms with van der Waals surface area (Å²) >= 11 is 0. The second kappa shape index (κ2) is 8.00. The van der Waals surface area contributed by atoms with Crippen molar-refractivity contribution in [1.29, 1.82) is 0 Å².